The van der Waals surface area contributed by atoms with E-state index in [4.69, 9.17) is 9.84 Å². The third kappa shape index (κ3) is 3.37. The number of hydrogen-bond donors (Lipinski definition) is 1. The summed E-state index contributed by atoms with van der Waals surface area (Å²) < 4.78 is 59.8. The van der Waals surface area contributed by atoms with Crippen LogP contribution in [0.2, 0.25) is 0 Å². The van der Waals surface area contributed by atoms with E-state index in [1.165, 1.54) is 6.07 Å². The van der Waals surface area contributed by atoms with Crippen LogP contribution in [-0.4, -0.2) is 28.1 Å². The van der Waals surface area contributed by atoms with Gasteiger partial charge in [0.15, 0.2) is 23.6 Å². The third-order valence-corrected chi connectivity index (χ3v) is 5.23. The van der Waals surface area contributed by atoms with Gasteiger partial charge in [-0.25, -0.2) is 22.5 Å². The molecule has 2 aromatic carbocycles. The number of carbonyl (C=O) groups excluding carboxylic acids is 1. The molecular weight excluding hydrogens is 416 g/mol. The molecule has 11 heteroatoms. The zero-order valence-corrected chi connectivity index (χ0v) is 15.1. The number of nitrogens with zero attached hydrogens (tertiary/aromatic N) is 2. The Kier molecular flexibility index (Phi) is 4.61. The van der Waals surface area contributed by atoms with Crippen LogP contribution in [0.25, 0.3) is 10.2 Å². The lowest BCUT2D eigenvalue weighted by molar-refractivity contribution is -0.142. The van der Waals surface area contributed by atoms with Crippen LogP contribution in [0.1, 0.15) is 11.4 Å². The van der Waals surface area contributed by atoms with Crippen molar-refractivity contribution < 1.29 is 37.0 Å². The third-order valence-electron chi connectivity index (χ3n) is 4.24. The van der Waals surface area contributed by atoms with Crippen LogP contribution in [-0.2, 0) is 16.1 Å². The number of halogens is 4. The van der Waals surface area contributed by atoms with Crippen LogP contribution >= 0.6 is 11.3 Å². The lowest BCUT2D eigenvalue weighted by Gasteiger charge is -2.33. The van der Waals surface area contributed by atoms with Gasteiger partial charge in [-0.05, 0) is 18.2 Å². The zero-order valence-electron chi connectivity index (χ0n) is 14.3. The smallest absolute Gasteiger partial charge is 0.307 e. The Hall–Kier alpha value is -3.21. The highest BCUT2D eigenvalue weighted by Gasteiger charge is 2.36. The molecule has 0 spiro atoms. The van der Waals surface area contributed by atoms with Crippen LogP contribution in [0.4, 0.5) is 23.2 Å². The number of carbonyl (C=O) groups is 2. The number of thiazole rings is 1. The topological polar surface area (TPSA) is 79.7 Å². The second kappa shape index (κ2) is 6.99. The number of anilines is 1. The van der Waals surface area contributed by atoms with E-state index in [0.29, 0.717) is 0 Å². The molecule has 0 aliphatic carbocycles. The molecule has 0 saturated heterocycles. The van der Waals surface area contributed by atoms with Crippen molar-refractivity contribution in [2.24, 2.45) is 0 Å². The normalized spacial score (nSPS) is 16.1. The van der Waals surface area contributed by atoms with Gasteiger partial charge >= 0.3 is 5.97 Å². The van der Waals surface area contributed by atoms with Gasteiger partial charge in [0, 0.05) is 6.07 Å². The van der Waals surface area contributed by atoms with Gasteiger partial charge in [-0.15, -0.1) is 11.3 Å². The molecule has 3 aromatic rings. The Bertz CT molecular complexity index is 1170. The number of fused-ring (bicyclic) bond motifs is 2. The van der Waals surface area contributed by atoms with Gasteiger partial charge in [-0.1, -0.05) is 0 Å². The number of rotatable bonds is 4. The fourth-order valence-electron chi connectivity index (χ4n) is 2.98. The van der Waals surface area contributed by atoms with E-state index >= 15 is 0 Å². The first kappa shape index (κ1) is 19.1. The van der Waals surface area contributed by atoms with Gasteiger partial charge in [0.2, 0.25) is 0 Å². The summed E-state index contributed by atoms with van der Waals surface area (Å²) in [6.45, 7) is -0.251. The Balaban J connectivity index is 1.75. The highest BCUT2D eigenvalue weighted by molar-refractivity contribution is 7.18. The predicted molar refractivity (Wildman–Crippen MR) is 93.8 cm³/mol. The summed E-state index contributed by atoms with van der Waals surface area (Å²) in [5.41, 5.74) is -0.221. The Morgan fingerprint density at radius 3 is 2.69 bits per heavy atom. The molecule has 1 atom stereocenters. The van der Waals surface area contributed by atoms with Crippen molar-refractivity contribution in [3.63, 3.8) is 0 Å². The minimum absolute atomic E-state index is 0.0403. The Labute approximate surface area is 164 Å². The van der Waals surface area contributed by atoms with E-state index in [-0.39, 0.29) is 33.2 Å². The van der Waals surface area contributed by atoms with Crippen LogP contribution in [0, 0.1) is 23.3 Å². The van der Waals surface area contributed by atoms with Crippen molar-refractivity contribution in [1.82, 2.24) is 4.98 Å². The largest absolute Gasteiger partial charge is 0.481 e. The van der Waals surface area contributed by atoms with E-state index < -0.39 is 47.7 Å². The van der Waals surface area contributed by atoms with Gasteiger partial charge < -0.3 is 9.84 Å². The summed E-state index contributed by atoms with van der Waals surface area (Å²) in [4.78, 5) is 28.8. The van der Waals surface area contributed by atoms with Crippen molar-refractivity contribution in [3.8, 4) is 5.75 Å². The molecule has 1 amide bonds. The molecule has 0 fully saturated rings. The average Bonchev–Trinajstić information content (AvgIpc) is 3.05. The molecule has 29 heavy (non-hydrogen) atoms. The summed E-state index contributed by atoms with van der Waals surface area (Å²) in [5.74, 6) is -7.17. The molecule has 2 heterocycles. The predicted octanol–water partition coefficient (Wildman–Crippen LogP) is 3.62. The molecular formula is C18H10F4N2O4S. The molecule has 1 aliphatic heterocycles. The number of carboxylic acid groups (broad SMARTS) is 1. The van der Waals surface area contributed by atoms with Crippen molar-refractivity contribution in [3.05, 3.63) is 52.5 Å². The van der Waals surface area contributed by atoms with E-state index in [1.54, 1.807) is 0 Å². The summed E-state index contributed by atoms with van der Waals surface area (Å²) in [6, 6.07) is 4.16. The van der Waals surface area contributed by atoms with Crippen molar-refractivity contribution in [1.29, 1.82) is 0 Å². The Morgan fingerprint density at radius 1 is 1.21 bits per heavy atom. The maximum absolute atomic E-state index is 13.9. The van der Waals surface area contributed by atoms with Crippen molar-refractivity contribution in [2.75, 3.05) is 4.90 Å². The lowest BCUT2D eigenvalue weighted by Crippen LogP contribution is -2.46. The van der Waals surface area contributed by atoms with Crippen LogP contribution in [0.3, 0.4) is 0 Å². The highest BCUT2D eigenvalue weighted by atomic mass is 32.1. The van der Waals surface area contributed by atoms with E-state index in [1.807, 2.05) is 0 Å². The second-order valence-corrected chi connectivity index (χ2v) is 7.30. The number of amides is 1. The average molecular weight is 426 g/mol. The van der Waals surface area contributed by atoms with E-state index in [9.17, 15) is 27.2 Å². The molecule has 0 radical (unpaired) electrons. The molecule has 0 bridgehead atoms. The summed E-state index contributed by atoms with van der Waals surface area (Å²) in [5, 5.41) is 9.13. The van der Waals surface area contributed by atoms with Gasteiger partial charge in [-0.3, -0.25) is 14.5 Å². The van der Waals surface area contributed by atoms with Crippen molar-refractivity contribution >= 4 is 39.1 Å². The molecule has 1 N–H and O–H groups in total. The number of hydrogen-bond acceptors (Lipinski definition) is 5. The number of ether oxygens (including phenoxy) is 1. The van der Waals surface area contributed by atoms with Gasteiger partial charge in [0.25, 0.3) is 5.91 Å². The molecule has 1 unspecified atom stereocenters. The fraction of sp³-hybridized carbons (Fsp3) is 0.167. The van der Waals surface area contributed by atoms with Crippen LogP contribution in [0.5, 0.6) is 5.75 Å². The maximum atomic E-state index is 13.9. The molecule has 6 nitrogen and oxygen atoms in total. The van der Waals surface area contributed by atoms with E-state index in [0.717, 1.165) is 34.4 Å². The zero-order chi connectivity index (χ0) is 20.9. The van der Waals surface area contributed by atoms with Crippen molar-refractivity contribution in [2.45, 2.75) is 19.1 Å². The van der Waals surface area contributed by atoms with Gasteiger partial charge in [-0.2, -0.15) is 0 Å². The first-order valence-electron chi connectivity index (χ1n) is 8.17. The summed E-state index contributed by atoms with van der Waals surface area (Å²) >= 11 is 0.840. The number of aliphatic carboxylic acids is 1. The first-order valence-corrected chi connectivity index (χ1v) is 8.98. The first-order chi connectivity index (χ1) is 13.7. The lowest BCUT2D eigenvalue weighted by atomic mass is 10.1. The number of carboxylic acids is 1. The summed E-state index contributed by atoms with van der Waals surface area (Å²) in [7, 11) is 0. The quantitative estimate of drug-likeness (QED) is 0.509. The van der Waals surface area contributed by atoms with Crippen LogP contribution in [0.15, 0.2) is 24.3 Å². The van der Waals surface area contributed by atoms with Crippen LogP contribution < -0.4 is 9.64 Å². The molecule has 1 aromatic heterocycles. The molecule has 0 saturated carbocycles. The summed E-state index contributed by atoms with van der Waals surface area (Å²) in [6.07, 6.45) is -2.06. The second-order valence-electron chi connectivity index (χ2n) is 6.18. The highest BCUT2D eigenvalue weighted by Crippen LogP contribution is 2.37. The SMILES string of the molecule is O=C(O)CC1Oc2cc(F)ccc2N(Cc2nc3c(F)c(F)c(F)cc3s2)C1=O. The number of aromatic nitrogens is 1. The van der Waals surface area contributed by atoms with Gasteiger partial charge in [0.05, 0.1) is 23.4 Å². The van der Waals surface area contributed by atoms with Gasteiger partial charge in [0.1, 0.15) is 22.1 Å². The fourth-order valence-corrected chi connectivity index (χ4v) is 3.95. The molecule has 150 valence electrons. The number of benzene rings is 2. The van der Waals surface area contributed by atoms with E-state index in [2.05, 4.69) is 4.98 Å². The minimum Gasteiger partial charge on any atom is -0.481 e. The Morgan fingerprint density at radius 2 is 1.97 bits per heavy atom. The maximum Gasteiger partial charge on any atom is 0.307 e. The monoisotopic (exact) mass is 426 g/mol. The standard InChI is InChI=1S/C18H10F4N2O4S/c19-7-1-2-9-10(3-7)28-11(5-14(25)26)18(27)24(9)6-13-23-17-12(29-13)4-8(20)15(21)16(17)22/h1-4,11H,5-6H2,(H,25,26). The molecule has 4 rings (SSSR count). The minimum atomic E-state index is -1.65. The molecule has 1 aliphatic rings.